The molecule has 0 bridgehead atoms. The number of aromatic amines is 1. The summed E-state index contributed by atoms with van der Waals surface area (Å²) in [6, 6.07) is 15.3. The molecule has 1 heterocycles. The number of benzene rings is 3. The van der Waals surface area contributed by atoms with E-state index in [1.54, 1.807) is 55.5 Å². The summed E-state index contributed by atoms with van der Waals surface area (Å²) in [5.74, 6) is 0. The summed E-state index contributed by atoms with van der Waals surface area (Å²) in [5, 5.41) is 13.6. The number of nitrogens with one attached hydrogen (secondary N) is 4. The number of halogens is 2. The second-order valence-electron chi connectivity index (χ2n) is 7.20. The Labute approximate surface area is 200 Å². The number of aromatic nitrogens is 2. The minimum Gasteiger partial charge on any atom is -0.331 e. The fourth-order valence-corrected chi connectivity index (χ4v) is 4.88. The number of urea groups is 1. The molecule has 11 heteroatoms. The first-order valence-electron chi connectivity index (χ1n) is 9.81. The van der Waals surface area contributed by atoms with Gasteiger partial charge in [0.25, 0.3) is 10.0 Å². The molecular weight excluding hydrogens is 485 g/mol. The van der Waals surface area contributed by atoms with E-state index in [1.807, 2.05) is 0 Å². The smallest absolute Gasteiger partial charge is 0.319 e. The Hall–Kier alpha value is -3.27. The fourth-order valence-electron chi connectivity index (χ4n) is 3.32. The van der Waals surface area contributed by atoms with Crippen LogP contribution in [0.2, 0.25) is 10.0 Å². The van der Waals surface area contributed by atoms with Gasteiger partial charge in [-0.2, -0.15) is 5.10 Å². The van der Waals surface area contributed by atoms with Crippen molar-refractivity contribution < 1.29 is 13.2 Å². The van der Waals surface area contributed by atoms with E-state index in [0.717, 1.165) is 0 Å². The maximum atomic E-state index is 12.9. The van der Waals surface area contributed by atoms with Crippen LogP contribution in [0.5, 0.6) is 0 Å². The Morgan fingerprint density at radius 1 is 1.03 bits per heavy atom. The van der Waals surface area contributed by atoms with Crippen molar-refractivity contribution in [1.29, 1.82) is 0 Å². The molecule has 0 saturated carbocycles. The van der Waals surface area contributed by atoms with Gasteiger partial charge in [0.1, 0.15) is 0 Å². The molecule has 0 saturated heterocycles. The molecule has 0 fully saturated rings. The van der Waals surface area contributed by atoms with Crippen molar-refractivity contribution in [2.45, 2.75) is 17.9 Å². The van der Waals surface area contributed by atoms with Gasteiger partial charge in [0.2, 0.25) is 0 Å². The third kappa shape index (κ3) is 4.90. The molecular formula is C22H19Cl2N5O3S. The molecule has 33 heavy (non-hydrogen) atoms. The van der Waals surface area contributed by atoms with Gasteiger partial charge in [-0.1, -0.05) is 53.5 Å². The predicted molar refractivity (Wildman–Crippen MR) is 130 cm³/mol. The lowest BCUT2D eigenvalue weighted by Gasteiger charge is -2.19. The minimum atomic E-state index is -3.88. The number of carbonyl (C=O) groups excluding carboxylic acids is 1. The predicted octanol–water partition coefficient (Wildman–Crippen LogP) is 5.55. The molecule has 0 spiro atoms. The summed E-state index contributed by atoms with van der Waals surface area (Å²) in [4.78, 5) is 12.9. The highest BCUT2D eigenvalue weighted by molar-refractivity contribution is 7.92. The largest absolute Gasteiger partial charge is 0.331 e. The highest BCUT2D eigenvalue weighted by Crippen LogP contribution is 2.33. The summed E-state index contributed by atoms with van der Waals surface area (Å²) < 4.78 is 28.3. The zero-order chi connectivity index (χ0) is 23.6. The molecule has 0 radical (unpaired) electrons. The van der Waals surface area contributed by atoms with Crippen molar-refractivity contribution in [3.63, 3.8) is 0 Å². The lowest BCUT2D eigenvalue weighted by Crippen LogP contribution is -2.31. The molecule has 0 aliphatic carbocycles. The summed E-state index contributed by atoms with van der Waals surface area (Å²) in [6.45, 7) is 1.76. The number of anilines is 2. The number of nitrogens with zero attached hydrogens (tertiary/aromatic N) is 1. The molecule has 4 N–H and O–H groups in total. The van der Waals surface area contributed by atoms with Crippen LogP contribution < -0.4 is 15.4 Å². The van der Waals surface area contributed by atoms with Gasteiger partial charge in [0.15, 0.2) is 0 Å². The topological polar surface area (TPSA) is 116 Å². The molecule has 4 aromatic rings. The van der Waals surface area contributed by atoms with Gasteiger partial charge in [0.05, 0.1) is 44.1 Å². The van der Waals surface area contributed by atoms with Gasteiger partial charge in [-0.25, -0.2) is 13.2 Å². The molecule has 1 aromatic heterocycles. The molecule has 1 atom stereocenters. The van der Waals surface area contributed by atoms with Crippen molar-refractivity contribution in [2.24, 2.45) is 0 Å². The van der Waals surface area contributed by atoms with Crippen LogP contribution in [0.1, 0.15) is 18.5 Å². The van der Waals surface area contributed by atoms with Crippen LogP contribution in [-0.4, -0.2) is 24.6 Å². The van der Waals surface area contributed by atoms with Crippen LogP contribution in [0.25, 0.3) is 10.9 Å². The van der Waals surface area contributed by atoms with Gasteiger partial charge < -0.3 is 10.6 Å². The van der Waals surface area contributed by atoms with E-state index < -0.39 is 22.1 Å². The average molecular weight is 504 g/mol. The van der Waals surface area contributed by atoms with E-state index in [0.29, 0.717) is 26.5 Å². The first-order valence-corrected chi connectivity index (χ1v) is 12.1. The zero-order valence-electron chi connectivity index (χ0n) is 17.3. The van der Waals surface area contributed by atoms with Crippen LogP contribution >= 0.6 is 23.2 Å². The third-order valence-corrected chi connectivity index (χ3v) is 7.17. The Balaban J connectivity index is 1.62. The standard InChI is InChI=1S/C22H19Cl2N5O3S/c1-13(15-8-5-9-17(23)20(15)24)26-22(30)27-21-16-12-25-28-18(16)10-11-19(21)29-33(31,32)14-6-3-2-4-7-14/h2-13,29H,1H3,(H,25,28)(H2,26,27,30)/t13-/m0/s1. The Morgan fingerprint density at radius 3 is 2.55 bits per heavy atom. The van der Waals surface area contributed by atoms with Crippen molar-refractivity contribution in [1.82, 2.24) is 15.5 Å². The second kappa shape index (κ2) is 9.30. The molecule has 0 aliphatic heterocycles. The van der Waals surface area contributed by atoms with Crippen molar-refractivity contribution >= 4 is 61.5 Å². The molecule has 8 nitrogen and oxygen atoms in total. The van der Waals surface area contributed by atoms with Crippen LogP contribution in [0.4, 0.5) is 16.2 Å². The fraction of sp³-hybridized carbons (Fsp3) is 0.0909. The number of H-pyrrole nitrogens is 1. The van der Waals surface area contributed by atoms with Gasteiger partial charge >= 0.3 is 6.03 Å². The van der Waals surface area contributed by atoms with Crippen LogP contribution in [0.3, 0.4) is 0 Å². The number of hydrogen-bond donors (Lipinski definition) is 4. The molecule has 0 aliphatic rings. The number of rotatable bonds is 6. The number of amides is 2. The maximum Gasteiger partial charge on any atom is 0.319 e. The molecule has 170 valence electrons. The number of sulfonamides is 1. The van der Waals surface area contributed by atoms with Gasteiger partial charge in [-0.05, 0) is 42.8 Å². The second-order valence-corrected chi connectivity index (χ2v) is 9.67. The van der Waals surface area contributed by atoms with Crippen molar-refractivity contribution in [2.75, 3.05) is 10.0 Å². The van der Waals surface area contributed by atoms with Gasteiger partial charge in [0, 0.05) is 5.39 Å². The summed E-state index contributed by atoms with van der Waals surface area (Å²) in [7, 11) is -3.88. The summed E-state index contributed by atoms with van der Waals surface area (Å²) in [5.41, 5.74) is 1.71. The normalized spacial score (nSPS) is 12.3. The van der Waals surface area contributed by atoms with E-state index in [9.17, 15) is 13.2 Å². The van der Waals surface area contributed by atoms with Crippen LogP contribution in [-0.2, 0) is 10.0 Å². The third-order valence-electron chi connectivity index (χ3n) is 4.96. The zero-order valence-corrected chi connectivity index (χ0v) is 19.6. The molecule has 3 aromatic carbocycles. The number of carbonyl (C=O) groups is 1. The molecule has 0 unspecified atom stereocenters. The Kier molecular flexibility index (Phi) is 6.46. The number of fused-ring (bicyclic) bond motifs is 1. The van der Waals surface area contributed by atoms with E-state index in [-0.39, 0.29) is 16.3 Å². The monoisotopic (exact) mass is 503 g/mol. The maximum absolute atomic E-state index is 12.9. The first-order chi connectivity index (χ1) is 15.8. The SMILES string of the molecule is C[C@H](NC(=O)Nc1c(NS(=O)(=O)c2ccccc2)ccc2[nH]ncc12)c1cccc(Cl)c1Cl. The summed E-state index contributed by atoms with van der Waals surface area (Å²) in [6.07, 6.45) is 1.50. The van der Waals surface area contributed by atoms with Crippen LogP contribution in [0, 0.1) is 0 Å². The highest BCUT2D eigenvalue weighted by atomic mass is 35.5. The van der Waals surface area contributed by atoms with Crippen LogP contribution in [0.15, 0.2) is 71.8 Å². The minimum absolute atomic E-state index is 0.0944. The molecule has 2 amide bonds. The molecule has 4 rings (SSSR count). The lowest BCUT2D eigenvalue weighted by molar-refractivity contribution is 0.249. The Morgan fingerprint density at radius 2 is 1.79 bits per heavy atom. The van der Waals surface area contributed by atoms with Gasteiger partial charge in [-0.3, -0.25) is 9.82 Å². The van der Waals surface area contributed by atoms with Gasteiger partial charge in [-0.15, -0.1) is 0 Å². The van der Waals surface area contributed by atoms with E-state index >= 15 is 0 Å². The van der Waals surface area contributed by atoms with Crippen molar-refractivity contribution in [3.8, 4) is 0 Å². The van der Waals surface area contributed by atoms with E-state index in [1.165, 1.54) is 18.3 Å². The van der Waals surface area contributed by atoms with E-state index in [4.69, 9.17) is 23.2 Å². The average Bonchev–Trinajstić information content (AvgIpc) is 3.27. The Bertz CT molecular complexity index is 1420. The summed E-state index contributed by atoms with van der Waals surface area (Å²) >= 11 is 12.3. The van der Waals surface area contributed by atoms with Crippen molar-refractivity contribution in [3.05, 3.63) is 82.5 Å². The first kappa shape index (κ1) is 22.9. The quantitative estimate of drug-likeness (QED) is 0.275. The van der Waals surface area contributed by atoms with E-state index in [2.05, 4.69) is 25.6 Å². The lowest BCUT2D eigenvalue weighted by atomic mass is 10.1. The highest BCUT2D eigenvalue weighted by Gasteiger charge is 2.20. The number of hydrogen-bond acceptors (Lipinski definition) is 4.